The number of hydrogen-bond donors (Lipinski definition) is 2. The Labute approximate surface area is 146 Å². The zero-order valence-corrected chi connectivity index (χ0v) is 14.4. The van der Waals surface area contributed by atoms with Crippen molar-refractivity contribution in [2.75, 3.05) is 6.61 Å². The standard InChI is InChI=1S/C18H22N4O3/c1-3-16(13-6-8-15(9-7-13)25-12-17(19)23)20-21-18(24)11-14-5-4-10-22(14)2/h4-10H,3,11-12H2,1-2H3,(H2,19,23)(H,21,24)/b20-16+. The third-order valence-electron chi connectivity index (χ3n) is 3.61. The SMILES string of the molecule is CC/C(=N\NC(=O)Cc1cccn1C)c1ccc(OCC(N)=O)cc1. The number of benzene rings is 1. The molecular weight excluding hydrogens is 320 g/mol. The number of carbonyl (C=O) groups excluding carboxylic acids is 2. The van der Waals surface area contributed by atoms with Crippen LogP contribution < -0.4 is 15.9 Å². The Kier molecular flexibility index (Phi) is 6.33. The quantitative estimate of drug-likeness (QED) is 0.560. The van der Waals surface area contributed by atoms with E-state index >= 15 is 0 Å². The number of carbonyl (C=O) groups is 2. The summed E-state index contributed by atoms with van der Waals surface area (Å²) in [4.78, 5) is 22.7. The molecule has 0 unspecified atom stereocenters. The Balaban J connectivity index is 1.98. The van der Waals surface area contributed by atoms with Crippen LogP contribution in [0.3, 0.4) is 0 Å². The highest BCUT2D eigenvalue weighted by Crippen LogP contribution is 2.14. The molecule has 2 amide bonds. The number of nitrogens with one attached hydrogen (secondary N) is 1. The van der Waals surface area contributed by atoms with Gasteiger partial charge in [-0.1, -0.05) is 6.92 Å². The van der Waals surface area contributed by atoms with Gasteiger partial charge in [-0.15, -0.1) is 0 Å². The Morgan fingerprint density at radius 3 is 2.52 bits per heavy atom. The first-order valence-electron chi connectivity index (χ1n) is 7.96. The summed E-state index contributed by atoms with van der Waals surface area (Å²) in [5.74, 6) is -0.152. The van der Waals surface area contributed by atoms with Crippen molar-refractivity contribution in [3.8, 4) is 5.75 Å². The minimum absolute atomic E-state index is 0.163. The van der Waals surface area contributed by atoms with E-state index in [1.165, 1.54) is 0 Å². The highest BCUT2D eigenvalue weighted by atomic mass is 16.5. The molecule has 3 N–H and O–H groups in total. The summed E-state index contributed by atoms with van der Waals surface area (Å²) >= 11 is 0. The molecule has 0 aliphatic heterocycles. The van der Waals surface area contributed by atoms with Gasteiger partial charge >= 0.3 is 0 Å². The van der Waals surface area contributed by atoms with Crippen molar-refractivity contribution in [3.63, 3.8) is 0 Å². The van der Waals surface area contributed by atoms with E-state index in [0.29, 0.717) is 12.2 Å². The summed E-state index contributed by atoms with van der Waals surface area (Å²) in [5, 5.41) is 4.22. The molecule has 0 bridgehead atoms. The lowest BCUT2D eigenvalue weighted by molar-refractivity contribution is -0.121. The van der Waals surface area contributed by atoms with E-state index < -0.39 is 5.91 Å². The van der Waals surface area contributed by atoms with E-state index in [4.69, 9.17) is 10.5 Å². The number of rotatable bonds is 8. The van der Waals surface area contributed by atoms with E-state index in [-0.39, 0.29) is 18.9 Å². The van der Waals surface area contributed by atoms with Gasteiger partial charge in [-0.3, -0.25) is 9.59 Å². The lowest BCUT2D eigenvalue weighted by Gasteiger charge is -2.08. The normalized spacial score (nSPS) is 11.2. The van der Waals surface area contributed by atoms with Crippen LogP contribution in [0.1, 0.15) is 24.6 Å². The second-order valence-electron chi connectivity index (χ2n) is 5.51. The predicted molar refractivity (Wildman–Crippen MR) is 95.2 cm³/mol. The van der Waals surface area contributed by atoms with Gasteiger partial charge < -0.3 is 15.0 Å². The second kappa shape index (κ2) is 8.68. The number of nitrogens with zero attached hydrogens (tertiary/aromatic N) is 2. The molecule has 0 atom stereocenters. The Hall–Kier alpha value is -3.09. The van der Waals surface area contributed by atoms with Crippen LogP contribution >= 0.6 is 0 Å². The van der Waals surface area contributed by atoms with E-state index in [9.17, 15) is 9.59 Å². The van der Waals surface area contributed by atoms with E-state index in [1.54, 1.807) is 12.1 Å². The molecular formula is C18H22N4O3. The maximum atomic E-state index is 12.0. The van der Waals surface area contributed by atoms with Gasteiger partial charge in [-0.25, -0.2) is 5.43 Å². The number of hydrogen-bond acceptors (Lipinski definition) is 4. The monoisotopic (exact) mass is 342 g/mol. The van der Waals surface area contributed by atoms with Gasteiger partial charge in [0.05, 0.1) is 12.1 Å². The first kappa shape index (κ1) is 18.3. The van der Waals surface area contributed by atoms with Crippen LogP contribution in [0.5, 0.6) is 5.75 Å². The fourth-order valence-electron chi connectivity index (χ4n) is 2.26. The summed E-state index contributed by atoms with van der Waals surface area (Å²) in [5.41, 5.74) is 10.2. The fraction of sp³-hybridized carbons (Fsp3) is 0.278. The zero-order valence-electron chi connectivity index (χ0n) is 14.4. The Bertz CT molecular complexity index is 763. The molecule has 1 heterocycles. The van der Waals surface area contributed by atoms with Gasteiger partial charge in [0.25, 0.3) is 5.91 Å². The third kappa shape index (κ3) is 5.49. The maximum Gasteiger partial charge on any atom is 0.255 e. The Morgan fingerprint density at radius 2 is 1.96 bits per heavy atom. The average molecular weight is 342 g/mol. The summed E-state index contributed by atoms with van der Waals surface area (Å²) in [6.45, 7) is 1.79. The zero-order chi connectivity index (χ0) is 18.2. The van der Waals surface area contributed by atoms with Crippen molar-refractivity contribution < 1.29 is 14.3 Å². The summed E-state index contributed by atoms with van der Waals surface area (Å²) < 4.78 is 7.12. The van der Waals surface area contributed by atoms with Crippen LogP contribution in [0.15, 0.2) is 47.7 Å². The first-order valence-corrected chi connectivity index (χ1v) is 7.96. The summed E-state index contributed by atoms with van der Waals surface area (Å²) in [7, 11) is 1.89. The molecule has 7 heteroatoms. The van der Waals surface area contributed by atoms with E-state index in [0.717, 1.165) is 17.0 Å². The van der Waals surface area contributed by atoms with Gasteiger partial charge in [0, 0.05) is 18.9 Å². The highest BCUT2D eigenvalue weighted by Gasteiger charge is 2.07. The van der Waals surface area contributed by atoms with Crippen molar-refractivity contribution in [1.29, 1.82) is 0 Å². The van der Waals surface area contributed by atoms with Crippen LogP contribution in [-0.2, 0) is 23.1 Å². The molecule has 1 aromatic carbocycles. The van der Waals surface area contributed by atoms with Gasteiger partial charge in [0.2, 0.25) is 5.91 Å². The molecule has 0 aliphatic rings. The number of ether oxygens (including phenoxy) is 1. The van der Waals surface area contributed by atoms with Crippen LogP contribution in [0.4, 0.5) is 0 Å². The summed E-state index contributed by atoms with van der Waals surface area (Å²) in [6.07, 6.45) is 2.82. The minimum Gasteiger partial charge on any atom is -0.484 e. The molecule has 0 spiro atoms. The van der Waals surface area contributed by atoms with Crippen LogP contribution in [0.25, 0.3) is 0 Å². The average Bonchev–Trinajstić information content (AvgIpc) is 2.99. The molecule has 0 saturated heterocycles. The minimum atomic E-state index is -0.527. The molecule has 0 fully saturated rings. The predicted octanol–water partition coefficient (Wildman–Crippen LogP) is 1.36. The van der Waals surface area contributed by atoms with Gasteiger partial charge in [-0.2, -0.15) is 5.10 Å². The molecule has 1 aromatic heterocycles. The van der Waals surface area contributed by atoms with Crippen LogP contribution in [-0.4, -0.2) is 28.7 Å². The highest BCUT2D eigenvalue weighted by molar-refractivity contribution is 6.01. The van der Waals surface area contributed by atoms with Crippen molar-refractivity contribution in [2.24, 2.45) is 17.9 Å². The van der Waals surface area contributed by atoms with Gasteiger partial charge in [0.15, 0.2) is 6.61 Å². The van der Waals surface area contributed by atoms with Crippen LogP contribution in [0.2, 0.25) is 0 Å². The second-order valence-corrected chi connectivity index (χ2v) is 5.51. The molecule has 0 saturated carbocycles. The number of aryl methyl sites for hydroxylation is 1. The van der Waals surface area contributed by atoms with E-state index in [2.05, 4.69) is 10.5 Å². The number of nitrogens with two attached hydrogens (primary N) is 1. The molecule has 132 valence electrons. The fourth-order valence-corrected chi connectivity index (χ4v) is 2.26. The molecule has 7 nitrogen and oxygen atoms in total. The first-order chi connectivity index (χ1) is 12.0. The topological polar surface area (TPSA) is 98.7 Å². The van der Waals surface area contributed by atoms with Crippen LogP contribution in [0, 0.1) is 0 Å². The number of primary amides is 1. The van der Waals surface area contributed by atoms with Crippen molar-refractivity contribution in [2.45, 2.75) is 19.8 Å². The third-order valence-corrected chi connectivity index (χ3v) is 3.61. The lowest BCUT2D eigenvalue weighted by Crippen LogP contribution is -2.22. The molecule has 0 radical (unpaired) electrons. The van der Waals surface area contributed by atoms with Crippen molar-refractivity contribution in [1.82, 2.24) is 9.99 Å². The van der Waals surface area contributed by atoms with Gasteiger partial charge in [-0.05, 0) is 48.4 Å². The molecule has 0 aliphatic carbocycles. The molecule has 25 heavy (non-hydrogen) atoms. The number of amides is 2. The van der Waals surface area contributed by atoms with E-state index in [1.807, 2.05) is 49.0 Å². The van der Waals surface area contributed by atoms with Gasteiger partial charge in [0.1, 0.15) is 5.75 Å². The maximum absolute atomic E-state index is 12.0. The van der Waals surface area contributed by atoms with Crippen molar-refractivity contribution >= 4 is 17.5 Å². The summed E-state index contributed by atoms with van der Waals surface area (Å²) in [6, 6.07) is 10.9. The number of aromatic nitrogens is 1. The number of hydrazone groups is 1. The smallest absolute Gasteiger partial charge is 0.255 e. The molecule has 2 rings (SSSR count). The lowest BCUT2D eigenvalue weighted by atomic mass is 10.1. The van der Waals surface area contributed by atoms with Crippen molar-refractivity contribution in [3.05, 3.63) is 53.9 Å². The Morgan fingerprint density at radius 1 is 1.24 bits per heavy atom. The largest absolute Gasteiger partial charge is 0.484 e. The molecule has 2 aromatic rings.